The summed E-state index contributed by atoms with van der Waals surface area (Å²) in [5.41, 5.74) is 5.73. The van der Waals surface area contributed by atoms with Gasteiger partial charge in [-0.05, 0) is 6.26 Å². The highest BCUT2D eigenvalue weighted by atomic mass is 32.2. The molecular weight excluding hydrogens is 210 g/mol. The van der Waals surface area contributed by atoms with E-state index in [0.717, 1.165) is 37.2 Å². The van der Waals surface area contributed by atoms with Gasteiger partial charge in [-0.1, -0.05) is 11.8 Å². The Hall–Kier alpha value is -1.01. The molecule has 5 nitrogen and oxygen atoms in total. The minimum Gasteiger partial charge on any atom is -0.383 e. The van der Waals surface area contributed by atoms with Crippen LogP contribution < -0.4 is 16.0 Å². The lowest BCUT2D eigenvalue weighted by Crippen LogP contribution is -2.44. The molecule has 2 heterocycles. The number of nitrogen functional groups attached to an aromatic ring is 1. The normalized spacial score (nSPS) is 16.7. The molecule has 2 rings (SSSR count). The number of thioether (sulfide) groups is 1. The monoisotopic (exact) mass is 225 g/mol. The standard InChI is InChI=1S/C9H15N5S/c1-15-9-12-7(10)6-8(13-9)14-4-2-11-3-5-14/h6,11H,2-5H2,1H3,(H2,10,12,13). The molecule has 15 heavy (non-hydrogen) atoms. The molecule has 0 atom stereocenters. The van der Waals surface area contributed by atoms with Crippen LogP contribution in [0.25, 0.3) is 0 Å². The van der Waals surface area contributed by atoms with Crippen LogP contribution in [-0.4, -0.2) is 42.4 Å². The molecular formula is C9H15N5S. The van der Waals surface area contributed by atoms with Crippen molar-refractivity contribution in [3.05, 3.63) is 6.07 Å². The fraction of sp³-hybridized carbons (Fsp3) is 0.556. The van der Waals surface area contributed by atoms with Crippen molar-refractivity contribution in [2.75, 3.05) is 43.1 Å². The van der Waals surface area contributed by atoms with E-state index in [4.69, 9.17) is 5.73 Å². The van der Waals surface area contributed by atoms with Gasteiger partial charge in [0.15, 0.2) is 5.16 Å². The van der Waals surface area contributed by atoms with E-state index < -0.39 is 0 Å². The molecule has 0 spiro atoms. The van der Waals surface area contributed by atoms with E-state index in [9.17, 15) is 0 Å². The molecule has 0 aliphatic carbocycles. The molecule has 0 bridgehead atoms. The van der Waals surface area contributed by atoms with Gasteiger partial charge in [0, 0.05) is 32.2 Å². The Morgan fingerprint density at radius 1 is 1.40 bits per heavy atom. The number of nitrogens with one attached hydrogen (secondary N) is 1. The SMILES string of the molecule is CSc1nc(N)cc(N2CCNCC2)n1. The second kappa shape index (κ2) is 4.67. The Labute approximate surface area is 93.5 Å². The Morgan fingerprint density at radius 3 is 2.80 bits per heavy atom. The summed E-state index contributed by atoms with van der Waals surface area (Å²) in [5, 5.41) is 4.05. The lowest BCUT2D eigenvalue weighted by molar-refractivity contribution is 0.583. The van der Waals surface area contributed by atoms with Gasteiger partial charge in [-0.3, -0.25) is 0 Å². The Bertz CT molecular complexity index is 337. The quantitative estimate of drug-likeness (QED) is 0.553. The van der Waals surface area contributed by atoms with Crippen molar-refractivity contribution in [1.82, 2.24) is 15.3 Å². The highest BCUT2D eigenvalue weighted by Crippen LogP contribution is 2.18. The number of piperazine rings is 1. The number of aromatic nitrogens is 2. The molecule has 0 radical (unpaired) electrons. The summed E-state index contributed by atoms with van der Waals surface area (Å²) in [5.74, 6) is 1.48. The van der Waals surface area contributed by atoms with Crippen LogP contribution in [0.2, 0.25) is 0 Å². The molecule has 1 aromatic rings. The van der Waals surface area contributed by atoms with Crippen LogP contribution in [0.1, 0.15) is 0 Å². The fourth-order valence-electron chi connectivity index (χ4n) is 1.58. The van der Waals surface area contributed by atoms with Crippen molar-refractivity contribution in [1.29, 1.82) is 0 Å². The molecule has 0 amide bonds. The first-order valence-corrected chi connectivity index (χ1v) is 6.16. The maximum Gasteiger partial charge on any atom is 0.191 e. The Balaban J connectivity index is 2.22. The zero-order chi connectivity index (χ0) is 10.7. The first kappa shape index (κ1) is 10.5. The molecule has 0 saturated carbocycles. The molecule has 1 aliphatic rings. The summed E-state index contributed by atoms with van der Waals surface area (Å²) in [7, 11) is 0. The number of nitrogens with zero attached hydrogens (tertiary/aromatic N) is 3. The van der Waals surface area contributed by atoms with Gasteiger partial charge in [0.2, 0.25) is 0 Å². The number of anilines is 2. The van der Waals surface area contributed by atoms with E-state index in [1.54, 1.807) is 0 Å². The van der Waals surface area contributed by atoms with Crippen molar-refractivity contribution in [3.63, 3.8) is 0 Å². The van der Waals surface area contributed by atoms with Gasteiger partial charge in [0.05, 0.1) is 0 Å². The maximum absolute atomic E-state index is 5.73. The summed E-state index contributed by atoms with van der Waals surface area (Å²) < 4.78 is 0. The summed E-state index contributed by atoms with van der Waals surface area (Å²) in [6, 6.07) is 1.84. The van der Waals surface area contributed by atoms with E-state index >= 15 is 0 Å². The average molecular weight is 225 g/mol. The zero-order valence-corrected chi connectivity index (χ0v) is 9.55. The summed E-state index contributed by atoms with van der Waals surface area (Å²) in [4.78, 5) is 10.8. The van der Waals surface area contributed by atoms with Crippen molar-refractivity contribution >= 4 is 23.4 Å². The van der Waals surface area contributed by atoms with Gasteiger partial charge in [0.1, 0.15) is 11.6 Å². The van der Waals surface area contributed by atoms with Crippen molar-refractivity contribution in [2.45, 2.75) is 5.16 Å². The molecule has 1 saturated heterocycles. The van der Waals surface area contributed by atoms with Gasteiger partial charge in [-0.15, -0.1) is 0 Å². The molecule has 3 N–H and O–H groups in total. The highest BCUT2D eigenvalue weighted by molar-refractivity contribution is 7.98. The summed E-state index contributed by atoms with van der Waals surface area (Å²) >= 11 is 1.52. The van der Waals surface area contributed by atoms with Gasteiger partial charge < -0.3 is 16.0 Å². The highest BCUT2D eigenvalue weighted by Gasteiger charge is 2.13. The minimum atomic E-state index is 0.544. The minimum absolute atomic E-state index is 0.544. The Kier molecular flexibility index (Phi) is 3.27. The summed E-state index contributed by atoms with van der Waals surface area (Å²) in [6.45, 7) is 3.95. The number of hydrogen-bond acceptors (Lipinski definition) is 6. The molecule has 82 valence electrons. The first-order chi connectivity index (χ1) is 7.29. The third-order valence-electron chi connectivity index (χ3n) is 2.34. The third-order valence-corrected chi connectivity index (χ3v) is 2.88. The van der Waals surface area contributed by atoms with Crippen LogP contribution in [0, 0.1) is 0 Å². The number of rotatable bonds is 2. The van der Waals surface area contributed by atoms with Crippen molar-refractivity contribution in [3.8, 4) is 0 Å². The predicted molar refractivity (Wildman–Crippen MR) is 63.3 cm³/mol. The van der Waals surface area contributed by atoms with E-state index in [-0.39, 0.29) is 0 Å². The van der Waals surface area contributed by atoms with E-state index in [0.29, 0.717) is 5.82 Å². The van der Waals surface area contributed by atoms with Crippen LogP contribution in [-0.2, 0) is 0 Å². The van der Waals surface area contributed by atoms with Crippen LogP contribution in [0.5, 0.6) is 0 Å². The zero-order valence-electron chi connectivity index (χ0n) is 8.73. The maximum atomic E-state index is 5.73. The van der Waals surface area contributed by atoms with Crippen LogP contribution in [0.3, 0.4) is 0 Å². The number of hydrogen-bond donors (Lipinski definition) is 2. The molecule has 1 fully saturated rings. The average Bonchev–Trinajstić information content (AvgIpc) is 2.29. The topological polar surface area (TPSA) is 67.1 Å². The van der Waals surface area contributed by atoms with Gasteiger partial charge in [-0.25, -0.2) is 9.97 Å². The largest absolute Gasteiger partial charge is 0.383 e. The van der Waals surface area contributed by atoms with Crippen LogP contribution in [0.4, 0.5) is 11.6 Å². The lowest BCUT2D eigenvalue weighted by Gasteiger charge is -2.28. The molecule has 0 aromatic carbocycles. The van der Waals surface area contributed by atoms with Gasteiger partial charge >= 0.3 is 0 Å². The van der Waals surface area contributed by atoms with Gasteiger partial charge in [0.25, 0.3) is 0 Å². The smallest absolute Gasteiger partial charge is 0.191 e. The molecule has 1 aliphatic heterocycles. The fourth-order valence-corrected chi connectivity index (χ4v) is 1.96. The van der Waals surface area contributed by atoms with Crippen molar-refractivity contribution < 1.29 is 0 Å². The Morgan fingerprint density at radius 2 is 2.13 bits per heavy atom. The second-order valence-corrected chi connectivity index (χ2v) is 4.15. The van der Waals surface area contributed by atoms with E-state index in [1.165, 1.54) is 11.8 Å². The second-order valence-electron chi connectivity index (χ2n) is 3.37. The van der Waals surface area contributed by atoms with Crippen molar-refractivity contribution in [2.24, 2.45) is 0 Å². The lowest BCUT2D eigenvalue weighted by atomic mass is 10.3. The first-order valence-electron chi connectivity index (χ1n) is 4.94. The summed E-state index contributed by atoms with van der Waals surface area (Å²) in [6.07, 6.45) is 1.95. The molecule has 1 aromatic heterocycles. The molecule has 0 unspecified atom stereocenters. The number of nitrogens with two attached hydrogens (primary N) is 1. The van der Waals surface area contributed by atoms with Crippen LogP contribution in [0.15, 0.2) is 11.2 Å². The molecule has 6 heteroatoms. The van der Waals surface area contributed by atoms with Crippen LogP contribution >= 0.6 is 11.8 Å². The van der Waals surface area contributed by atoms with Gasteiger partial charge in [-0.2, -0.15) is 0 Å². The van der Waals surface area contributed by atoms with E-state index in [2.05, 4.69) is 20.2 Å². The van der Waals surface area contributed by atoms with E-state index in [1.807, 2.05) is 12.3 Å². The predicted octanol–water partition coefficient (Wildman–Crippen LogP) is 0.190. The third kappa shape index (κ3) is 2.51.